The molecule has 1 aliphatic heterocycles. The predicted molar refractivity (Wildman–Crippen MR) is 115 cm³/mol. The monoisotopic (exact) mass is 398 g/mol. The van der Waals surface area contributed by atoms with Gasteiger partial charge in [0.05, 0.1) is 45.6 Å². The molecule has 0 radical (unpaired) electrons. The molecule has 0 atom stereocenters. The molecule has 0 aliphatic carbocycles. The summed E-state index contributed by atoms with van der Waals surface area (Å²) >= 11 is 0. The van der Waals surface area contributed by atoms with E-state index in [0.717, 1.165) is 55.3 Å². The first-order valence-corrected chi connectivity index (χ1v) is 10.4. The first-order valence-electron chi connectivity index (χ1n) is 10.4. The topological polar surface area (TPSA) is 55.2 Å². The van der Waals surface area contributed by atoms with E-state index < -0.39 is 0 Å². The first kappa shape index (κ1) is 21.0. The Bertz CT molecular complexity index is 788. The van der Waals surface area contributed by atoms with E-state index in [4.69, 9.17) is 9.47 Å². The first-order chi connectivity index (χ1) is 14.2. The van der Waals surface area contributed by atoms with E-state index in [0.29, 0.717) is 19.7 Å². The minimum atomic E-state index is 0.109. The molecular weight excluding hydrogens is 366 g/mol. The zero-order chi connectivity index (χ0) is 20.5. The van der Waals surface area contributed by atoms with Crippen LogP contribution >= 0.6 is 0 Å². The van der Waals surface area contributed by atoms with Gasteiger partial charge in [0, 0.05) is 6.54 Å². The third-order valence-electron chi connectivity index (χ3n) is 5.30. The van der Waals surface area contributed by atoms with Crippen LogP contribution in [0.2, 0.25) is 0 Å². The lowest BCUT2D eigenvalue weighted by atomic mass is 10.1. The maximum atomic E-state index is 12.3. The number of benzene rings is 2. The number of carbonyl (C=O) groups is 1. The van der Waals surface area contributed by atoms with E-state index in [2.05, 4.69) is 16.3 Å². The fraction of sp³-hybridized carbons (Fsp3) is 0.435. The van der Waals surface area contributed by atoms with Crippen molar-refractivity contribution in [3.05, 3.63) is 54.1 Å². The number of methoxy groups -OCH3 is 1. The number of piperazine rings is 1. The number of anilines is 1. The SMILES string of the molecule is CCOc1ccccc1N1CC[NH+](CC(=O)NCCc2ccccc2OC)CC1. The van der Waals surface area contributed by atoms with E-state index in [-0.39, 0.29) is 5.91 Å². The predicted octanol–water partition coefficient (Wildman–Crippen LogP) is 1.16. The van der Waals surface area contributed by atoms with Crippen LogP contribution in [0.4, 0.5) is 5.69 Å². The second kappa shape index (κ2) is 10.7. The highest BCUT2D eigenvalue weighted by atomic mass is 16.5. The van der Waals surface area contributed by atoms with Crippen LogP contribution < -0.4 is 24.6 Å². The molecule has 2 aromatic rings. The van der Waals surface area contributed by atoms with Gasteiger partial charge in [-0.1, -0.05) is 30.3 Å². The molecular formula is C23H32N3O3+. The van der Waals surface area contributed by atoms with Crippen LogP contribution in [0, 0.1) is 0 Å². The summed E-state index contributed by atoms with van der Waals surface area (Å²) in [4.78, 5) is 16.0. The number of rotatable bonds is 9. The Kier molecular flexibility index (Phi) is 7.76. The number of quaternary nitrogens is 1. The molecule has 0 bridgehead atoms. The van der Waals surface area contributed by atoms with Gasteiger partial charge in [-0.3, -0.25) is 4.79 Å². The fourth-order valence-electron chi connectivity index (χ4n) is 3.77. The summed E-state index contributed by atoms with van der Waals surface area (Å²) < 4.78 is 11.1. The molecule has 0 unspecified atom stereocenters. The highest BCUT2D eigenvalue weighted by Gasteiger charge is 2.23. The molecule has 29 heavy (non-hydrogen) atoms. The van der Waals surface area contributed by atoms with Crippen molar-refractivity contribution >= 4 is 11.6 Å². The Balaban J connectivity index is 1.42. The zero-order valence-corrected chi connectivity index (χ0v) is 17.4. The van der Waals surface area contributed by atoms with Crippen molar-refractivity contribution < 1.29 is 19.2 Å². The van der Waals surface area contributed by atoms with Gasteiger partial charge in [-0.25, -0.2) is 0 Å². The number of amides is 1. The standard InChI is InChI=1S/C23H31N3O3/c1-3-29-22-11-7-5-9-20(22)26-16-14-25(15-17-26)18-23(27)24-13-12-19-8-4-6-10-21(19)28-2/h4-11H,3,12-18H2,1-2H3,(H,24,27)/p+1. The van der Waals surface area contributed by atoms with Crippen LogP contribution in [-0.4, -0.2) is 58.9 Å². The number of nitrogens with zero attached hydrogens (tertiary/aromatic N) is 1. The molecule has 0 spiro atoms. The van der Waals surface area contributed by atoms with E-state index in [1.165, 1.54) is 4.90 Å². The molecule has 2 N–H and O–H groups in total. The van der Waals surface area contributed by atoms with Crippen molar-refractivity contribution in [2.24, 2.45) is 0 Å². The molecule has 1 heterocycles. The number of hydrogen-bond donors (Lipinski definition) is 2. The average Bonchev–Trinajstić information content (AvgIpc) is 2.75. The van der Waals surface area contributed by atoms with Crippen molar-refractivity contribution in [1.82, 2.24) is 5.32 Å². The third kappa shape index (κ3) is 5.87. The van der Waals surface area contributed by atoms with Gasteiger partial charge < -0.3 is 24.6 Å². The van der Waals surface area contributed by atoms with Crippen molar-refractivity contribution in [3.63, 3.8) is 0 Å². The quantitative estimate of drug-likeness (QED) is 0.666. The van der Waals surface area contributed by atoms with Crippen LogP contribution in [0.1, 0.15) is 12.5 Å². The largest absolute Gasteiger partial charge is 0.496 e. The van der Waals surface area contributed by atoms with Crippen LogP contribution in [0.15, 0.2) is 48.5 Å². The van der Waals surface area contributed by atoms with Crippen molar-refractivity contribution in [3.8, 4) is 11.5 Å². The molecule has 0 aromatic heterocycles. The van der Waals surface area contributed by atoms with Gasteiger partial charge in [0.1, 0.15) is 11.5 Å². The summed E-state index contributed by atoms with van der Waals surface area (Å²) in [5.74, 6) is 1.92. The number of hydrogen-bond acceptors (Lipinski definition) is 4. The Morgan fingerprint density at radius 3 is 2.48 bits per heavy atom. The number of para-hydroxylation sites is 3. The number of nitrogens with one attached hydrogen (secondary N) is 2. The maximum Gasteiger partial charge on any atom is 0.275 e. The molecule has 2 aromatic carbocycles. The highest BCUT2D eigenvalue weighted by molar-refractivity contribution is 5.76. The van der Waals surface area contributed by atoms with Gasteiger partial charge in [0.15, 0.2) is 6.54 Å². The summed E-state index contributed by atoms with van der Waals surface area (Å²) in [6.45, 7) is 7.55. The van der Waals surface area contributed by atoms with Crippen molar-refractivity contribution in [1.29, 1.82) is 0 Å². The average molecular weight is 399 g/mol. The van der Waals surface area contributed by atoms with E-state index in [1.807, 2.05) is 49.4 Å². The summed E-state index contributed by atoms with van der Waals surface area (Å²) in [6, 6.07) is 16.1. The van der Waals surface area contributed by atoms with Gasteiger partial charge >= 0.3 is 0 Å². The minimum absolute atomic E-state index is 0.109. The van der Waals surface area contributed by atoms with E-state index >= 15 is 0 Å². The lowest BCUT2D eigenvalue weighted by Crippen LogP contribution is -3.16. The van der Waals surface area contributed by atoms with E-state index in [9.17, 15) is 4.79 Å². The second-order valence-corrected chi connectivity index (χ2v) is 7.23. The Morgan fingerprint density at radius 2 is 1.76 bits per heavy atom. The Hall–Kier alpha value is -2.73. The van der Waals surface area contributed by atoms with Crippen molar-refractivity contribution in [2.75, 3.05) is 57.9 Å². The third-order valence-corrected chi connectivity index (χ3v) is 5.30. The number of ether oxygens (including phenoxy) is 2. The molecule has 156 valence electrons. The van der Waals surface area contributed by atoms with Gasteiger partial charge in [-0.15, -0.1) is 0 Å². The molecule has 1 amide bonds. The van der Waals surface area contributed by atoms with Gasteiger partial charge in [0.2, 0.25) is 0 Å². The van der Waals surface area contributed by atoms with Crippen LogP contribution in [0.5, 0.6) is 11.5 Å². The molecule has 6 heteroatoms. The van der Waals surface area contributed by atoms with Crippen molar-refractivity contribution in [2.45, 2.75) is 13.3 Å². The molecule has 1 saturated heterocycles. The van der Waals surface area contributed by atoms with Gasteiger partial charge in [0.25, 0.3) is 5.91 Å². The number of carbonyl (C=O) groups excluding carboxylic acids is 1. The molecule has 1 aliphatic rings. The molecule has 3 rings (SSSR count). The lowest BCUT2D eigenvalue weighted by molar-refractivity contribution is -0.892. The summed E-state index contributed by atoms with van der Waals surface area (Å²) in [5.41, 5.74) is 2.26. The molecule has 0 saturated carbocycles. The van der Waals surface area contributed by atoms with Crippen LogP contribution in [0.25, 0.3) is 0 Å². The highest BCUT2D eigenvalue weighted by Crippen LogP contribution is 2.27. The normalized spacial score (nSPS) is 14.5. The van der Waals surface area contributed by atoms with E-state index in [1.54, 1.807) is 7.11 Å². The van der Waals surface area contributed by atoms with Gasteiger partial charge in [-0.2, -0.15) is 0 Å². The summed E-state index contributed by atoms with van der Waals surface area (Å²) in [7, 11) is 1.67. The zero-order valence-electron chi connectivity index (χ0n) is 17.4. The second-order valence-electron chi connectivity index (χ2n) is 7.23. The minimum Gasteiger partial charge on any atom is -0.496 e. The maximum absolute atomic E-state index is 12.3. The lowest BCUT2D eigenvalue weighted by Gasteiger charge is -2.34. The van der Waals surface area contributed by atoms with Gasteiger partial charge in [-0.05, 0) is 37.1 Å². The Labute approximate surface area is 173 Å². The molecule has 6 nitrogen and oxygen atoms in total. The molecule has 1 fully saturated rings. The summed E-state index contributed by atoms with van der Waals surface area (Å²) in [5, 5.41) is 3.05. The van der Waals surface area contributed by atoms with Crippen LogP contribution in [-0.2, 0) is 11.2 Å². The fourth-order valence-corrected chi connectivity index (χ4v) is 3.77. The Morgan fingerprint density at radius 1 is 1.07 bits per heavy atom. The summed E-state index contributed by atoms with van der Waals surface area (Å²) in [6.07, 6.45) is 0.771. The smallest absolute Gasteiger partial charge is 0.275 e. The van der Waals surface area contributed by atoms with Crippen LogP contribution in [0.3, 0.4) is 0 Å².